The van der Waals surface area contributed by atoms with Gasteiger partial charge < -0.3 is 10.2 Å². The molecule has 0 spiro atoms. The molecule has 0 aliphatic carbocycles. The van der Waals surface area contributed by atoms with Crippen LogP contribution in [0.25, 0.3) is 16.8 Å². The van der Waals surface area contributed by atoms with Crippen LogP contribution in [0.1, 0.15) is 16.1 Å². The maximum absolute atomic E-state index is 13.5. The van der Waals surface area contributed by atoms with Crippen molar-refractivity contribution in [2.75, 3.05) is 0 Å². The Labute approximate surface area is 180 Å². The van der Waals surface area contributed by atoms with Gasteiger partial charge in [-0.1, -0.05) is 30.3 Å². The highest BCUT2D eigenvalue weighted by Crippen LogP contribution is 2.34. The molecule has 1 aromatic heterocycles. The van der Waals surface area contributed by atoms with Crippen LogP contribution in [0.5, 0.6) is 5.75 Å². The minimum atomic E-state index is -1.24. The monoisotopic (exact) mass is 432 g/mol. The van der Waals surface area contributed by atoms with E-state index in [2.05, 4.69) is 15.3 Å². The van der Waals surface area contributed by atoms with Gasteiger partial charge in [-0.25, -0.2) is 13.9 Å². The molecule has 4 rings (SSSR count). The minimum absolute atomic E-state index is 0.0652. The van der Waals surface area contributed by atoms with Crippen molar-refractivity contribution < 1.29 is 19.4 Å². The first-order valence-corrected chi connectivity index (χ1v) is 9.50. The standard InChI is InChI=1S/C23H17FN4O4/c1-13-20(22(30)28(27-13)17-8-3-6-15(24)12-17)26-25-16-7-2-5-14(11-16)18-9-4-10-19(21(18)29)23(31)32/h2-12,27,29H,1H3,(H,31,32). The molecule has 0 fully saturated rings. The first kappa shape index (κ1) is 20.7. The predicted molar refractivity (Wildman–Crippen MR) is 116 cm³/mol. The molecular formula is C23H17FN4O4. The number of phenols is 1. The fraction of sp³-hybridized carbons (Fsp3) is 0.0435. The van der Waals surface area contributed by atoms with Crippen molar-refractivity contribution in [1.29, 1.82) is 0 Å². The Morgan fingerprint density at radius 1 is 1.03 bits per heavy atom. The lowest BCUT2D eigenvalue weighted by atomic mass is 10.0. The van der Waals surface area contributed by atoms with E-state index in [4.69, 9.17) is 0 Å². The van der Waals surface area contributed by atoms with E-state index >= 15 is 0 Å². The Kier molecular flexibility index (Phi) is 5.38. The van der Waals surface area contributed by atoms with Gasteiger partial charge in [-0.05, 0) is 48.9 Å². The van der Waals surface area contributed by atoms with Crippen LogP contribution in [0, 0.1) is 12.7 Å². The second kappa shape index (κ2) is 8.31. The van der Waals surface area contributed by atoms with Gasteiger partial charge >= 0.3 is 5.97 Å². The van der Waals surface area contributed by atoms with Crippen LogP contribution in [-0.2, 0) is 0 Å². The highest BCUT2D eigenvalue weighted by atomic mass is 19.1. The number of carboxylic acid groups (broad SMARTS) is 1. The van der Waals surface area contributed by atoms with Gasteiger partial charge in [0.25, 0.3) is 5.56 Å². The van der Waals surface area contributed by atoms with Crippen molar-refractivity contribution in [2.24, 2.45) is 10.2 Å². The van der Waals surface area contributed by atoms with E-state index in [0.717, 1.165) is 0 Å². The zero-order valence-electron chi connectivity index (χ0n) is 16.8. The molecule has 3 N–H and O–H groups in total. The highest BCUT2D eigenvalue weighted by Gasteiger charge is 2.15. The van der Waals surface area contributed by atoms with Gasteiger partial charge in [0, 0.05) is 5.56 Å². The number of hydrogen-bond donors (Lipinski definition) is 3. The zero-order valence-corrected chi connectivity index (χ0v) is 16.8. The normalized spacial score (nSPS) is 11.2. The number of para-hydroxylation sites is 1. The van der Waals surface area contributed by atoms with Gasteiger partial charge in [0.1, 0.15) is 17.1 Å². The van der Waals surface area contributed by atoms with E-state index in [0.29, 0.717) is 28.2 Å². The highest BCUT2D eigenvalue weighted by molar-refractivity contribution is 5.94. The van der Waals surface area contributed by atoms with Gasteiger partial charge in [-0.15, -0.1) is 5.11 Å². The second-order valence-corrected chi connectivity index (χ2v) is 6.96. The summed E-state index contributed by atoms with van der Waals surface area (Å²) in [5, 5.41) is 30.5. The van der Waals surface area contributed by atoms with Crippen molar-refractivity contribution in [3.63, 3.8) is 0 Å². The predicted octanol–water partition coefficient (Wildman–Crippen LogP) is 5.10. The van der Waals surface area contributed by atoms with E-state index in [9.17, 15) is 24.2 Å². The molecule has 0 bridgehead atoms. The summed E-state index contributed by atoms with van der Waals surface area (Å²) in [7, 11) is 0. The Bertz CT molecular complexity index is 1420. The van der Waals surface area contributed by atoms with E-state index in [1.165, 1.54) is 35.0 Å². The summed E-state index contributed by atoms with van der Waals surface area (Å²) in [6, 6.07) is 16.6. The third kappa shape index (κ3) is 3.91. The van der Waals surface area contributed by atoms with E-state index in [-0.39, 0.29) is 17.0 Å². The van der Waals surface area contributed by atoms with Crippen LogP contribution in [-0.4, -0.2) is 26.0 Å². The number of hydrogen-bond acceptors (Lipinski definition) is 5. The molecule has 32 heavy (non-hydrogen) atoms. The lowest BCUT2D eigenvalue weighted by molar-refractivity contribution is 0.0694. The molecule has 0 aliphatic heterocycles. The third-order valence-electron chi connectivity index (χ3n) is 4.80. The summed E-state index contributed by atoms with van der Waals surface area (Å²) < 4.78 is 14.7. The lowest BCUT2D eigenvalue weighted by Crippen LogP contribution is -2.14. The number of rotatable bonds is 5. The minimum Gasteiger partial charge on any atom is -0.506 e. The number of aryl methyl sites for hydroxylation is 1. The number of aromatic nitrogens is 2. The fourth-order valence-corrected chi connectivity index (χ4v) is 3.24. The summed E-state index contributed by atoms with van der Waals surface area (Å²) in [6.07, 6.45) is 0. The maximum atomic E-state index is 13.5. The van der Waals surface area contributed by atoms with Crippen molar-refractivity contribution in [3.8, 4) is 22.6 Å². The average Bonchev–Trinajstić information content (AvgIpc) is 3.06. The number of nitrogens with zero attached hydrogens (tertiary/aromatic N) is 3. The Morgan fingerprint density at radius 3 is 2.53 bits per heavy atom. The molecule has 1 heterocycles. The number of halogens is 1. The molecule has 3 aromatic carbocycles. The second-order valence-electron chi connectivity index (χ2n) is 6.96. The zero-order chi connectivity index (χ0) is 22.8. The molecule has 9 heteroatoms. The largest absolute Gasteiger partial charge is 0.506 e. The number of H-pyrrole nitrogens is 1. The average molecular weight is 432 g/mol. The topological polar surface area (TPSA) is 120 Å². The van der Waals surface area contributed by atoms with E-state index in [1.807, 2.05) is 0 Å². The van der Waals surface area contributed by atoms with Crippen molar-refractivity contribution in [1.82, 2.24) is 9.78 Å². The number of aromatic amines is 1. The molecule has 0 unspecified atom stereocenters. The number of azo groups is 1. The van der Waals surface area contributed by atoms with Gasteiger partial charge in [0.05, 0.1) is 17.1 Å². The summed E-state index contributed by atoms with van der Waals surface area (Å²) in [6.45, 7) is 1.65. The van der Waals surface area contributed by atoms with Crippen molar-refractivity contribution >= 4 is 17.3 Å². The molecule has 4 aromatic rings. The molecule has 0 saturated carbocycles. The van der Waals surface area contributed by atoms with Crippen LogP contribution >= 0.6 is 0 Å². The van der Waals surface area contributed by atoms with Crippen LogP contribution in [0.2, 0.25) is 0 Å². The van der Waals surface area contributed by atoms with Crippen molar-refractivity contribution in [3.05, 3.63) is 94.2 Å². The number of benzene rings is 3. The molecule has 0 amide bonds. The van der Waals surface area contributed by atoms with Crippen LogP contribution in [0.4, 0.5) is 15.8 Å². The Balaban J connectivity index is 1.69. The number of aromatic carboxylic acids is 1. The molecular weight excluding hydrogens is 415 g/mol. The van der Waals surface area contributed by atoms with Gasteiger partial charge in [0.15, 0.2) is 5.69 Å². The maximum Gasteiger partial charge on any atom is 0.339 e. The lowest BCUT2D eigenvalue weighted by Gasteiger charge is -2.07. The summed E-state index contributed by atoms with van der Waals surface area (Å²) in [5.41, 5.74) is 1.39. The van der Waals surface area contributed by atoms with Gasteiger partial charge in [0.2, 0.25) is 0 Å². The quantitative estimate of drug-likeness (QED) is 0.380. The first-order chi connectivity index (χ1) is 15.3. The third-order valence-corrected chi connectivity index (χ3v) is 4.80. The van der Waals surface area contributed by atoms with E-state index in [1.54, 1.807) is 43.3 Å². The Morgan fingerprint density at radius 2 is 1.78 bits per heavy atom. The molecule has 0 atom stereocenters. The van der Waals surface area contributed by atoms with Crippen molar-refractivity contribution in [2.45, 2.75) is 6.92 Å². The van der Waals surface area contributed by atoms with Crippen LogP contribution < -0.4 is 5.56 Å². The SMILES string of the molecule is Cc1[nH]n(-c2cccc(F)c2)c(=O)c1N=Nc1cccc(-c2cccc(C(=O)O)c2O)c1. The number of aromatic hydroxyl groups is 1. The molecule has 0 aliphatic rings. The molecule has 0 radical (unpaired) electrons. The van der Waals surface area contributed by atoms with Gasteiger partial charge in [-0.2, -0.15) is 5.11 Å². The van der Waals surface area contributed by atoms with Crippen LogP contribution in [0.15, 0.2) is 81.8 Å². The molecule has 0 saturated heterocycles. The summed E-state index contributed by atoms with van der Waals surface area (Å²) in [4.78, 5) is 24.0. The number of carbonyl (C=O) groups is 1. The number of carboxylic acids is 1. The molecule has 8 nitrogen and oxygen atoms in total. The Hall–Kier alpha value is -4.53. The number of nitrogens with one attached hydrogen (secondary N) is 1. The smallest absolute Gasteiger partial charge is 0.339 e. The first-order valence-electron chi connectivity index (χ1n) is 9.50. The summed E-state index contributed by atoms with van der Waals surface area (Å²) in [5.74, 6) is -2.07. The molecule has 160 valence electrons. The van der Waals surface area contributed by atoms with Crippen LogP contribution in [0.3, 0.4) is 0 Å². The fourth-order valence-electron chi connectivity index (χ4n) is 3.24. The summed E-state index contributed by atoms with van der Waals surface area (Å²) >= 11 is 0. The van der Waals surface area contributed by atoms with E-state index < -0.39 is 17.3 Å². The van der Waals surface area contributed by atoms with Gasteiger partial charge in [-0.3, -0.25) is 9.89 Å².